The zero-order chi connectivity index (χ0) is 24.6. The quantitative estimate of drug-likeness (QED) is 0.396. The fraction of sp³-hybridized carbons (Fsp3) is 0.310. The zero-order valence-electron chi connectivity index (χ0n) is 20.0. The van der Waals surface area contributed by atoms with Crippen molar-refractivity contribution in [2.24, 2.45) is 0 Å². The molecule has 0 aliphatic carbocycles. The Labute approximate surface area is 212 Å². The van der Waals surface area contributed by atoms with Crippen molar-refractivity contribution in [3.63, 3.8) is 0 Å². The standard InChI is InChI=1S/C29H31ClN2O3/c1-2-35-29(34)23-13-11-21(12-14-23)19-27(33)31-28(22-9-5-3-6-10-22)25-20-24(30)15-16-26(25)32-17-7-4-8-18-32/h3,5-6,9-16,20,28H,2,4,7-8,17-19H2,1H3,(H,31,33). The SMILES string of the molecule is CCOC(=O)c1ccc(CC(=O)NC(c2ccccc2)c2cc(Cl)ccc2N2CCCCC2)cc1. The third kappa shape index (κ3) is 6.43. The molecule has 182 valence electrons. The number of halogens is 1. The van der Waals surface area contributed by atoms with Crippen LogP contribution in [0.3, 0.4) is 0 Å². The predicted octanol–water partition coefficient (Wildman–Crippen LogP) is 5.96. The Morgan fingerprint density at radius 2 is 1.69 bits per heavy atom. The van der Waals surface area contributed by atoms with Gasteiger partial charge in [0.05, 0.1) is 24.6 Å². The van der Waals surface area contributed by atoms with Crippen molar-refractivity contribution in [1.82, 2.24) is 5.32 Å². The van der Waals surface area contributed by atoms with Gasteiger partial charge in [-0.1, -0.05) is 54.1 Å². The third-order valence-electron chi connectivity index (χ3n) is 6.27. The first-order valence-corrected chi connectivity index (χ1v) is 12.6. The molecule has 1 heterocycles. The van der Waals surface area contributed by atoms with Gasteiger partial charge in [0.25, 0.3) is 0 Å². The second-order valence-corrected chi connectivity index (χ2v) is 9.19. The van der Waals surface area contributed by atoms with E-state index in [2.05, 4.69) is 16.3 Å². The second-order valence-electron chi connectivity index (χ2n) is 8.76. The number of carbonyl (C=O) groups excluding carboxylic acids is 2. The van der Waals surface area contributed by atoms with Gasteiger partial charge in [-0.05, 0) is 67.6 Å². The number of rotatable bonds is 8. The van der Waals surface area contributed by atoms with Gasteiger partial charge in [-0.2, -0.15) is 0 Å². The van der Waals surface area contributed by atoms with Crippen LogP contribution in [0.2, 0.25) is 5.02 Å². The molecular weight excluding hydrogens is 460 g/mol. The van der Waals surface area contributed by atoms with Gasteiger partial charge >= 0.3 is 5.97 Å². The molecule has 0 saturated carbocycles. The monoisotopic (exact) mass is 490 g/mol. The Bertz CT molecular complexity index is 1140. The summed E-state index contributed by atoms with van der Waals surface area (Å²) >= 11 is 6.45. The van der Waals surface area contributed by atoms with Crippen LogP contribution in [-0.2, 0) is 16.0 Å². The van der Waals surface area contributed by atoms with E-state index in [1.54, 1.807) is 31.2 Å². The van der Waals surface area contributed by atoms with Crippen molar-refractivity contribution < 1.29 is 14.3 Å². The van der Waals surface area contributed by atoms with E-state index in [0.717, 1.165) is 48.3 Å². The van der Waals surface area contributed by atoms with Crippen molar-refractivity contribution in [2.75, 3.05) is 24.6 Å². The van der Waals surface area contributed by atoms with Crippen LogP contribution in [0.15, 0.2) is 72.8 Å². The Hall–Kier alpha value is -3.31. The van der Waals surface area contributed by atoms with Gasteiger partial charge in [0.15, 0.2) is 0 Å². The topological polar surface area (TPSA) is 58.6 Å². The summed E-state index contributed by atoms with van der Waals surface area (Å²) in [6.45, 7) is 4.09. The average molecular weight is 491 g/mol. The van der Waals surface area contributed by atoms with Crippen LogP contribution >= 0.6 is 11.6 Å². The molecule has 35 heavy (non-hydrogen) atoms. The molecule has 1 fully saturated rings. The number of amides is 1. The van der Waals surface area contributed by atoms with Crippen molar-refractivity contribution in [3.8, 4) is 0 Å². The lowest BCUT2D eigenvalue weighted by atomic mass is 9.95. The maximum Gasteiger partial charge on any atom is 0.338 e. The highest BCUT2D eigenvalue weighted by Gasteiger charge is 2.24. The number of ether oxygens (including phenoxy) is 1. The Morgan fingerprint density at radius 3 is 2.37 bits per heavy atom. The van der Waals surface area contributed by atoms with Gasteiger partial charge in [0, 0.05) is 29.4 Å². The van der Waals surface area contributed by atoms with Crippen LogP contribution in [0, 0.1) is 0 Å². The first-order chi connectivity index (χ1) is 17.0. The second kappa shape index (κ2) is 11.9. The number of nitrogens with zero attached hydrogens (tertiary/aromatic N) is 1. The third-order valence-corrected chi connectivity index (χ3v) is 6.50. The molecule has 5 nitrogen and oxygen atoms in total. The van der Waals surface area contributed by atoms with Crippen molar-refractivity contribution in [1.29, 1.82) is 0 Å². The minimum Gasteiger partial charge on any atom is -0.462 e. The number of hydrogen-bond donors (Lipinski definition) is 1. The molecule has 4 rings (SSSR count). The van der Waals surface area contributed by atoms with E-state index in [-0.39, 0.29) is 24.3 Å². The first-order valence-electron chi connectivity index (χ1n) is 12.2. The first kappa shape index (κ1) is 24.8. The van der Waals surface area contributed by atoms with Crippen LogP contribution in [-0.4, -0.2) is 31.6 Å². The zero-order valence-corrected chi connectivity index (χ0v) is 20.8. The summed E-state index contributed by atoms with van der Waals surface area (Å²) in [5.74, 6) is -0.467. The molecule has 3 aromatic rings. The van der Waals surface area contributed by atoms with E-state index in [1.165, 1.54) is 6.42 Å². The van der Waals surface area contributed by atoms with Gasteiger partial charge in [-0.3, -0.25) is 4.79 Å². The minimum atomic E-state index is -0.362. The van der Waals surface area contributed by atoms with E-state index < -0.39 is 0 Å². The van der Waals surface area contributed by atoms with Crippen LogP contribution in [0.1, 0.15) is 59.3 Å². The number of anilines is 1. The molecule has 1 amide bonds. The average Bonchev–Trinajstić information content (AvgIpc) is 2.89. The van der Waals surface area contributed by atoms with Gasteiger partial charge < -0.3 is 15.0 Å². The lowest BCUT2D eigenvalue weighted by Crippen LogP contribution is -2.34. The lowest BCUT2D eigenvalue weighted by Gasteiger charge is -2.33. The molecule has 0 spiro atoms. The molecule has 1 N–H and O–H groups in total. The fourth-order valence-electron chi connectivity index (χ4n) is 4.54. The molecule has 1 aliphatic rings. The maximum atomic E-state index is 13.2. The van der Waals surface area contributed by atoms with Gasteiger partial charge in [-0.25, -0.2) is 4.79 Å². The molecule has 0 radical (unpaired) electrons. The van der Waals surface area contributed by atoms with Crippen molar-refractivity contribution in [2.45, 2.75) is 38.6 Å². The Balaban J connectivity index is 1.59. The smallest absolute Gasteiger partial charge is 0.338 e. The fourth-order valence-corrected chi connectivity index (χ4v) is 4.72. The van der Waals surface area contributed by atoms with E-state index in [0.29, 0.717) is 17.2 Å². The van der Waals surface area contributed by atoms with E-state index >= 15 is 0 Å². The number of esters is 1. The minimum absolute atomic E-state index is 0.104. The predicted molar refractivity (Wildman–Crippen MR) is 140 cm³/mol. The molecule has 1 atom stereocenters. The summed E-state index contributed by atoms with van der Waals surface area (Å²) in [4.78, 5) is 27.5. The molecule has 1 unspecified atom stereocenters. The van der Waals surface area contributed by atoms with Gasteiger partial charge in [0.2, 0.25) is 5.91 Å². The van der Waals surface area contributed by atoms with Crippen LogP contribution in [0.5, 0.6) is 0 Å². The molecular formula is C29H31ClN2O3. The highest BCUT2D eigenvalue weighted by atomic mass is 35.5. The molecule has 0 aromatic heterocycles. The van der Waals surface area contributed by atoms with Crippen molar-refractivity contribution >= 4 is 29.2 Å². The molecule has 1 aliphatic heterocycles. The molecule has 0 bridgehead atoms. The van der Waals surface area contributed by atoms with Gasteiger partial charge in [0.1, 0.15) is 0 Å². The summed E-state index contributed by atoms with van der Waals surface area (Å²) in [6.07, 6.45) is 3.76. The normalized spacial score (nSPS) is 14.3. The summed E-state index contributed by atoms with van der Waals surface area (Å²) in [6, 6.07) is 22.6. The lowest BCUT2D eigenvalue weighted by molar-refractivity contribution is -0.120. The van der Waals surface area contributed by atoms with Crippen LogP contribution < -0.4 is 10.2 Å². The number of piperidine rings is 1. The van der Waals surface area contributed by atoms with E-state index in [4.69, 9.17) is 16.3 Å². The van der Waals surface area contributed by atoms with Crippen LogP contribution in [0.25, 0.3) is 0 Å². The highest BCUT2D eigenvalue weighted by molar-refractivity contribution is 6.30. The summed E-state index contributed by atoms with van der Waals surface area (Å²) < 4.78 is 5.04. The summed E-state index contributed by atoms with van der Waals surface area (Å²) in [7, 11) is 0. The molecule has 6 heteroatoms. The largest absolute Gasteiger partial charge is 0.462 e. The number of benzene rings is 3. The van der Waals surface area contributed by atoms with Gasteiger partial charge in [-0.15, -0.1) is 0 Å². The van der Waals surface area contributed by atoms with E-state index in [9.17, 15) is 9.59 Å². The Kier molecular flexibility index (Phi) is 8.43. The van der Waals surface area contributed by atoms with Crippen LogP contribution in [0.4, 0.5) is 5.69 Å². The number of hydrogen-bond acceptors (Lipinski definition) is 4. The van der Waals surface area contributed by atoms with E-state index in [1.807, 2.05) is 42.5 Å². The summed E-state index contributed by atoms with van der Waals surface area (Å²) in [5.41, 5.74) is 4.41. The molecule has 1 saturated heterocycles. The Morgan fingerprint density at radius 1 is 0.971 bits per heavy atom. The number of nitrogens with one attached hydrogen (secondary N) is 1. The maximum absolute atomic E-state index is 13.2. The highest BCUT2D eigenvalue weighted by Crippen LogP contribution is 2.34. The summed E-state index contributed by atoms with van der Waals surface area (Å²) in [5, 5.41) is 3.89. The number of carbonyl (C=O) groups is 2. The van der Waals surface area contributed by atoms with Crippen molar-refractivity contribution in [3.05, 3.63) is 100 Å². The molecule has 3 aromatic carbocycles.